The largest absolute Gasteiger partial charge is 0.380 e. The fourth-order valence-corrected chi connectivity index (χ4v) is 2.50. The molecular weight excluding hydrogens is 243 g/mol. The van der Waals surface area contributed by atoms with Crippen LogP contribution in [0.4, 0.5) is 10.3 Å². The van der Waals surface area contributed by atoms with E-state index in [1.54, 1.807) is 7.11 Å². The van der Waals surface area contributed by atoms with E-state index in [4.69, 9.17) is 9.88 Å². The van der Waals surface area contributed by atoms with Crippen molar-refractivity contribution in [2.45, 2.75) is 17.8 Å². The van der Waals surface area contributed by atoms with Gasteiger partial charge in [-0.05, 0) is 6.42 Å². The molecule has 2 unspecified atom stereocenters. The molecule has 1 saturated heterocycles. The Morgan fingerprint density at radius 3 is 2.76 bits per heavy atom. The molecule has 5 nitrogen and oxygen atoms in total. The summed E-state index contributed by atoms with van der Waals surface area (Å²) < 4.78 is 18.1. The van der Waals surface area contributed by atoms with E-state index in [0.717, 1.165) is 13.0 Å². The molecule has 2 atom stereocenters. The SMILES string of the molecule is COC1CC(SN)CN(c2ncc(F)cn2)C1. The summed E-state index contributed by atoms with van der Waals surface area (Å²) in [5.41, 5.74) is 0. The fourth-order valence-electron chi connectivity index (χ4n) is 1.91. The Morgan fingerprint density at radius 2 is 2.18 bits per heavy atom. The van der Waals surface area contributed by atoms with Crippen LogP contribution in [0.25, 0.3) is 0 Å². The van der Waals surface area contributed by atoms with Gasteiger partial charge in [0.25, 0.3) is 0 Å². The second-order valence-corrected chi connectivity index (χ2v) is 4.90. The Labute approximate surface area is 104 Å². The van der Waals surface area contributed by atoms with Crippen LogP contribution in [0.2, 0.25) is 0 Å². The molecule has 1 aliphatic rings. The second-order valence-electron chi connectivity index (χ2n) is 3.96. The van der Waals surface area contributed by atoms with Gasteiger partial charge in [0, 0.05) is 25.4 Å². The number of piperidine rings is 1. The van der Waals surface area contributed by atoms with Gasteiger partial charge >= 0.3 is 0 Å². The van der Waals surface area contributed by atoms with Gasteiger partial charge in [-0.15, -0.1) is 0 Å². The van der Waals surface area contributed by atoms with Crippen molar-refractivity contribution in [1.29, 1.82) is 0 Å². The average molecular weight is 258 g/mol. The van der Waals surface area contributed by atoms with E-state index in [0.29, 0.717) is 12.5 Å². The number of ether oxygens (including phenoxy) is 1. The zero-order valence-electron chi connectivity index (χ0n) is 9.54. The van der Waals surface area contributed by atoms with Crippen LogP contribution < -0.4 is 10.0 Å². The lowest BCUT2D eigenvalue weighted by Gasteiger charge is -2.36. The molecular formula is C10H15FN4OS. The molecule has 0 aromatic carbocycles. The first-order valence-electron chi connectivity index (χ1n) is 5.33. The Balaban J connectivity index is 2.11. The van der Waals surface area contributed by atoms with E-state index in [9.17, 15) is 4.39 Å². The Hall–Kier alpha value is -0.920. The predicted molar refractivity (Wildman–Crippen MR) is 65.2 cm³/mol. The van der Waals surface area contributed by atoms with Crippen molar-refractivity contribution in [3.05, 3.63) is 18.2 Å². The number of aromatic nitrogens is 2. The summed E-state index contributed by atoms with van der Waals surface area (Å²) in [7, 11) is 1.68. The van der Waals surface area contributed by atoms with Gasteiger partial charge in [-0.3, -0.25) is 5.14 Å². The molecule has 7 heteroatoms. The summed E-state index contributed by atoms with van der Waals surface area (Å²) >= 11 is 1.32. The number of halogens is 1. The van der Waals surface area contributed by atoms with Crippen molar-refractivity contribution < 1.29 is 9.13 Å². The van der Waals surface area contributed by atoms with Gasteiger partial charge in [0.2, 0.25) is 5.95 Å². The Bertz CT molecular complexity index is 352. The molecule has 1 fully saturated rings. The number of rotatable bonds is 3. The fraction of sp³-hybridized carbons (Fsp3) is 0.600. The van der Waals surface area contributed by atoms with Crippen LogP contribution >= 0.6 is 11.9 Å². The van der Waals surface area contributed by atoms with Gasteiger partial charge in [0.1, 0.15) is 0 Å². The molecule has 17 heavy (non-hydrogen) atoms. The molecule has 0 spiro atoms. The van der Waals surface area contributed by atoms with Crippen molar-refractivity contribution in [1.82, 2.24) is 9.97 Å². The van der Waals surface area contributed by atoms with E-state index >= 15 is 0 Å². The number of hydrogen-bond acceptors (Lipinski definition) is 6. The maximum Gasteiger partial charge on any atom is 0.225 e. The van der Waals surface area contributed by atoms with E-state index in [2.05, 4.69) is 9.97 Å². The topological polar surface area (TPSA) is 64.3 Å². The highest BCUT2D eigenvalue weighted by molar-refractivity contribution is 7.97. The molecule has 2 N–H and O–H groups in total. The number of hydrogen-bond donors (Lipinski definition) is 1. The van der Waals surface area contributed by atoms with Gasteiger partial charge in [0.05, 0.1) is 18.5 Å². The summed E-state index contributed by atoms with van der Waals surface area (Å²) in [5, 5.41) is 5.90. The van der Waals surface area contributed by atoms with Gasteiger partial charge < -0.3 is 9.64 Å². The zero-order valence-corrected chi connectivity index (χ0v) is 10.4. The first kappa shape index (κ1) is 12.5. The van der Waals surface area contributed by atoms with Gasteiger partial charge in [-0.1, -0.05) is 11.9 Å². The second kappa shape index (κ2) is 5.61. The van der Waals surface area contributed by atoms with Gasteiger partial charge in [0.15, 0.2) is 5.82 Å². The highest BCUT2D eigenvalue weighted by Crippen LogP contribution is 2.23. The molecule has 0 radical (unpaired) electrons. The highest BCUT2D eigenvalue weighted by atomic mass is 32.2. The lowest BCUT2D eigenvalue weighted by atomic mass is 10.1. The normalized spacial score (nSPS) is 25.0. The Kier molecular flexibility index (Phi) is 4.14. The van der Waals surface area contributed by atoms with Crippen LogP contribution in [0.15, 0.2) is 12.4 Å². The van der Waals surface area contributed by atoms with Crippen molar-refractivity contribution >= 4 is 17.9 Å². The molecule has 2 heterocycles. The molecule has 0 saturated carbocycles. The van der Waals surface area contributed by atoms with E-state index in [1.165, 1.54) is 24.3 Å². The molecule has 1 aromatic heterocycles. The van der Waals surface area contributed by atoms with Crippen molar-refractivity contribution in [3.63, 3.8) is 0 Å². The summed E-state index contributed by atoms with van der Waals surface area (Å²) in [4.78, 5) is 9.92. The molecule has 1 aliphatic heterocycles. The standard InChI is InChI=1S/C10H15FN4OS/c1-16-8-2-9(17-12)6-15(5-8)10-13-3-7(11)4-14-10/h3-4,8-9H,2,5-6,12H2,1H3. The average Bonchev–Trinajstić information content (AvgIpc) is 2.39. The minimum absolute atomic E-state index is 0.110. The predicted octanol–water partition coefficient (Wildman–Crippen LogP) is 0.816. The van der Waals surface area contributed by atoms with Crippen molar-refractivity contribution in [3.8, 4) is 0 Å². The molecule has 0 bridgehead atoms. The van der Waals surface area contributed by atoms with Crippen LogP contribution in [-0.4, -0.2) is 41.5 Å². The minimum atomic E-state index is -0.432. The molecule has 94 valence electrons. The lowest BCUT2D eigenvalue weighted by molar-refractivity contribution is 0.0907. The number of nitrogens with two attached hydrogens (primary N) is 1. The molecule has 0 aliphatic carbocycles. The van der Waals surface area contributed by atoms with Gasteiger partial charge in [-0.25, -0.2) is 14.4 Å². The van der Waals surface area contributed by atoms with Crippen LogP contribution in [0.1, 0.15) is 6.42 Å². The van der Waals surface area contributed by atoms with E-state index < -0.39 is 5.82 Å². The summed E-state index contributed by atoms with van der Waals surface area (Å²) in [6.45, 7) is 1.46. The van der Waals surface area contributed by atoms with Crippen LogP contribution in [-0.2, 0) is 4.74 Å². The highest BCUT2D eigenvalue weighted by Gasteiger charge is 2.28. The maximum absolute atomic E-state index is 12.7. The first-order valence-corrected chi connectivity index (χ1v) is 6.28. The summed E-state index contributed by atoms with van der Waals surface area (Å²) in [5.74, 6) is 0.0889. The third-order valence-electron chi connectivity index (χ3n) is 2.79. The summed E-state index contributed by atoms with van der Waals surface area (Å²) in [6, 6.07) is 0. The van der Waals surface area contributed by atoms with Gasteiger partial charge in [-0.2, -0.15) is 0 Å². The quantitative estimate of drug-likeness (QED) is 0.810. The monoisotopic (exact) mass is 258 g/mol. The minimum Gasteiger partial charge on any atom is -0.380 e. The Morgan fingerprint density at radius 1 is 1.47 bits per heavy atom. The number of nitrogens with zero attached hydrogens (tertiary/aromatic N) is 3. The maximum atomic E-state index is 12.7. The van der Waals surface area contributed by atoms with Crippen LogP contribution in [0.5, 0.6) is 0 Å². The van der Waals surface area contributed by atoms with E-state index in [1.807, 2.05) is 4.90 Å². The van der Waals surface area contributed by atoms with Crippen LogP contribution in [0, 0.1) is 5.82 Å². The number of anilines is 1. The number of methoxy groups -OCH3 is 1. The van der Waals surface area contributed by atoms with Crippen molar-refractivity contribution in [2.24, 2.45) is 5.14 Å². The summed E-state index contributed by atoms with van der Waals surface area (Å²) in [6.07, 6.45) is 3.36. The third kappa shape index (κ3) is 3.05. The first-order chi connectivity index (χ1) is 8.22. The smallest absolute Gasteiger partial charge is 0.225 e. The zero-order chi connectivity index (χ0) is 12.3. The molecule has 2 rings (SSSR count). The van der Waals surface area contributed by atoms with Crippen LogP contribution in [0.3, 0.4) is 0 Å². The van der Waals surface area contributed by atoms with E-state index in [-0.39, 0.29) is 11.4 Å². The third-order valence-corrected chi connectivity index (χ3v) is 3.52. The molecule has 1 aromatic rings. The molecule has 0 amide bonds. The lowest BCUT2D eigenvalue weighted by Crippen LogP contribution is -2.46. The van der Waals surface area contributed by atoms with Crippen molar-refractivity contribution in [2.75, 3.05) is 25.1 Å².